The molecule has 4 nitrogen and oxygen atoms in total. The molecule has 0 aliphatic rings. The Balaban J connectivity index is 1.67. The maximum atomic E-state index is 12.5. The van der Waals surface area contributed by atoms with Crippen LogP contribution < -0.4 is 5.32 Å². The van der Waals surface area contributed by atoms with E-state index in [0.29, 0.717) is 22.2 Å². The van der Waals surface area contributed by atoms with Crippen molar-refractivity contribution >= 4 is 34.3 Å². The molecule has 4 aromatic rings. The van der Waals surface area contributed by atoms with Crippen LogP contribution in [0.2, 0.25) is 5.02 Å². The van der Waals surface area contributed by atoms with E-state index in [0.717, 1.165) is 27.8 Å². The number of aromatic nitrogens is 1. The number of benzene rings is 3. The van der Waals surface area contributed by atoms with Gasteiger partial charge in [0, 0.05) is 21.8 Å². The molecule has 0 saturated heterocycles. The Morgan fingerprint density at radius 2 is 1.81 bits per heavy atom. The highest BCUT2D eigenvalue weighted by atomic mass is 35.5. The molecule has 0 aliphatic heterocycles. The fourth-order valence-electron chi connectivity index (χ4n) is 2.95. The molecule has 1 heterocycles. The number of aryl methyl sites for hydroxylation is 1. The van der Waals surface area contributed by atoms with Gasteiger partial charge in [-0.05, 0) is 73.5 Å². The molecule has 1 amide bonds. The number of oxazole rings is 1. The minimum atomic E-state index is -0.194. The zero-order chi connectivity index (χ0) is 19.0. The Bertz CT molecular complexity index is 1150. The molecule has 1 aromatic heterocycles. The molecule has 0 atom stereocenters. The lowest BCUT2D eigenvalue weighted by Crippen LogP contribution is -2.12. The van der Waals surface area contributed by atoms with Crippen LogP contribution in [-0.2, 0) is 0 Å². The monoisotopic (exact) mass is 376 g/mol. The van der Waals surface area contributed by atoms with Crippen LogP contribution in [0.3, 0.4) is 0 Å². The molecule has 5 heteroatoms. The van der Waals surface area contributed by atoms with E-state index in [1.54, 1.807) is 24.3 Å². The van der Waals surface area contributed by atoms with E-state index in [1.807, 2.05) is 50.2 Å². The van der Waals surface area contributed by atoms with Crippen LogP contribution in [0.5, 0.6) is 0 Å². The number of amides is 1. The molecule has 0 aliphatic carbocycles. The molecule has 0 fully saturated rings. The van der Waals surface area contributed by atoms with Crippen LogP contribution in [0.15, 0.2) is 65.1 Å². The van der Waals surface area contributed by atoms with Gasteiger partial charge in [0.25, 0.3) is 5.91 Å². The standard InChI is InChI=1S/C22H17ClN2O2/c1-13-6-11-20-19(12-13)25-22(27-20)17-4-3-5-18(14(17)2)24-21(26)15-7-9-16(23)10-8-15/h3-12H,1-2H3,(H,24,26). The zero-order valence-corrected chi connectivity index (χ0v) is 15.7. The molecule has 27 heavy (non-hydrogen) atoms. The molecule has 0 bridgehead atoms. The fourth-order valence-corrected chi connectivity index (χ4v) is 3.08. The van der Waals surface area contributed by atoms with Gasteiger partial charge in [0.1, 0.15) is 5.52 Å². The molecular weight excluding hydrogens is 360 g/mol. The third kappa shape index (κ3) is 3.44. The number of rotatable bonds is 3. The van der Waals surface area contributed by atoms with Crippen molar-refractivity contribution in [2.75, 3.05) is 5.32 Å². The predicted octanol–water partition coefficient (Wildman–Crippen LogP) is 6.02. The highest BCUT2D eigenvalue weighted by Crippen LogP contribution is 2.31. The second-order valence-electron chi connectivity index (χ2n) is 6.43. The topological polar surface area (TPSA) is 55.1 Å². The molecule has 4 rings (SSSR count). The fraction of sp³-hybridized carbons (Fsp3) is 0.0909. The second-order valence-corrected chi connectivity index (χ2v) is 6.87. The molecular formula is C22H17ClN2O2. The van der Waals surface area contributed by atoms with Crippen molar-refractivity contribution in [2.45, 2.75) is 13.8 Å². The van der Waals surface area contributed by atoms with Gasteiger partial charge >= 0.3 is 0 Å². The maximum absolute atomic E-state index is 12.5. The number of nitrogens with one attached hydrogen (secondary N) is 1. The van der Waals surface area contributed by atoms with E-state index in [-0.39, 0.29) is 5.91 Å². The first-order valence-electron chi connectivity index (χ1n) is 8.55. The summed E-state index contributed by atoms with van der Waals surface area (Å²) in [5.74, 6) is 0.343. The summed E-state index contributed by atoms with van der Waals surface area (Å²) in [4.78, 5) is 17.1. The van der Waals surface area contributed by atoms with Crippen molar-refractivity contribution in [3.8, 4) is 11.5 Å². The van der Waals surface area contributed by atoms with Gasteiger partial charge in [-0.25, -0.2) is 4.98 Å². The van der Waals surface area contributed by atoms with Crippen LogP contribution in [0.25, 0.3) is 22.6 Å². The Morgan fingerprint density at radius 3 is 2.59 bits per heavy atom. The molecule has 3 aromatic carbocycles. The summed E-state index contributed by atoms with van der Waals surface area (Å²) in [5.41, 5.74) is 5.68. The number of carbonyl (C=O) groups excluding carboxylic acids is 1. The zero-order valence-electron chi connectivity index (χ0n) is 14.9. The summed E-state index contributed by atoms with van der Waals surface area (Å²) in [6.45, 7) is 3.96. The number of nitrogens with zero attached hydrogens (tertiary/aromatic N) is 1. The minimum absolute atomic E-state index is 0.194. The van der Waals surface area contributed by atoms with Crippen molar-refractivity contribution < 1.29 is 9.21 Å². The first kappa shape index (κ1) is 17.3. The van der Waals surface area contributed by atoms with Crippen molar-refractivity contribution in [3.05, 3.63) is 82.4 Å². The Kier molecular flexibility index (Phi) is 4.42. The van der Waals surface area contributed by atoms with E-state index in [4.69, 9.17) is 16.0 Å². The summed E-state index contributed by atoms with van der Waals surface area (Å²) in [5, 5.41) is 3.54. The lowest BCUT2D eigenvalue weighted by Gasteiger charge is -2.11. The molecule has 0 unspecified atom stereocenters. The third-order valence-electron chi connectivity index (χ3n) is 4.46. The number of hydrogen-bond donors (Lipinski definition) is 1. The molecule has 0 spiro atoms. The van der Waals surface area contributed by atoms with E-state index in [9.17, 15) is 4.79 Å². The molecule has 1 N–H and O–H groups in total. The predicted molar refractivity (Wildman–Crippen MR) is 108 cm³/mol. The largest absolute Gasteiger partial charge is 0.436 e. The number of fused-ring (bicyclic) bond motifs is 1. The third-order valence-corrected chi connectivity index (χ3v) is 4.71. The molecule has 134 valence electrons. The Labute approximate surface area is 161 Å². The van der Waals surface area contributed by atoms with Crippen LogP contribution in [0.1, 0.15) is 21.5 Å². The van der Waals surface area contributed by atoms with Gasteiger partial charge < -0.3 is 9.73 Å². The SMILES string of the molecule is Cc1ccc2oc(-c3cccc(NC(=O)c4ccc(Cl)cc4)c3C)nc2c1. The highest BCUT2D eigenvalue weighted by Gasteiger charge is 2.15. The molecule has 0 radical (unpaired) electrons. The van der Waals surface area contributed by atoms with Crippen LogP contribution in [0, 0.1) is 13.8 Å². The summed E-state index contributed by atoms with van der Waals surface area (Å²) in [6.07, 6.45) is 0. The van der Waals surface area contributed by atoms with E-state index in [1.165, 1.54) is 0 Å². The highest BCUT2D eigenvalue weighted by molar-refractivity contribution is 6.30. The van der Waals surface area contributed by atoms with Crippen molar-refractivity contribution in [3.63, 3.8) is 0 Å². The maximum Gasteiger partial charge on any atom is 0.255 e. The van der Waals surface area contributed by atoms with Gasteiger partial charge in [0.05, 0.1) is 0 Å². The van der Waals surface area contributed by atoms with Gasteiger partial charge in [0.2, 0.25) is 5.89 Å². The Morgan fingerprint density at radius 1 is 1.04 bits per heavy atom. The lowest BCUT2D eigenvalue weighted by atomic mass is 10.1. The summed E-state index contributed by atoms with van der Waals surface area (Å²) in [6, 6.07) is 18.4. The first-order chi connectivity index (χ1) is 13.0. The van der Waals surface area contributed by atoms with Crippen molar-refractivity contribution in [2.24, 2.45) is 0 Å². The van der Waals surface area contributed by atoms with Gasteiger partial charge in [0.15, 0.2) is 5.58 Å². The van der Waals surface area contributed by atoms with Gasteiger partial charge in [-0.15, -0.1) is 0 Å². The van der Waals surface area contributed by atoms with Crippen LogP contribution >= 0.6 is 11.6 Å². The van der Waals surface area contributed by atoms with Crippen LogP contribution in [0.4, 0.5) is 5.69 Å². The number of halogens is 1. The number of anilines is 1. The smallest absolute Gasteiger partial charge is 0.255 e. The van der Waals surface area contributed by atoms with E-state index in [2.05, 4.69) is 10.3 Å². The van der Waals surface area contributed by atoms with Crippen molar-refractivity contribution in [1.82, 2.24) is 4.98 Å². The van der Waals surface area contributed by atoms with Crippen molar-refractivity contribution in [1.29, 1.82) is 0 Å². The molecule has 0 saturated carbocycles. The summed E-state index contributed by atoms with van der Waals surface area (Å²) >= 11 is 5.88. The van der Waals surface area contributed by atoms with E-state index < -0.39 is 0 Å². The lowest BCUT2D eigenvalue weighted by molar-refractivity contribution is 0.102. The average molecular weight is 377 g/mol. The van der Waals surface area contributed by atoms with Gasteiger partial charge in [-0.2, -0.15) is 0 Å². The number of hydrogen-bond acceptors (Lipinski definition) is 3. The Hall–Kier alpha value is -3.11. The normalized spacial score (nSPS) is 10.9. The second kappa shape index (κ2) is 6.89. The minimum Gasteiger partial charge on any atom is -0.436 e. The summed E-state index contributed by atoms with van der Waals surface area (Å²) in [7, 11) is 0. The number of carbonyl (C=O) groups is 1. The van der Waals surface area contributed by atoms with Gasteiger partial charge in [-0.1, -0.05) is 23.7 Å². The van der Waals surface area contributed by atoms with Gasteiger partial charge in [-0.3, -0.25) is 4.79 Å². The average Bonchev–Trinajstić information content (AvgIpc) is 3.06. The summed E-state index contributed by atoms with van der Waals surface area (Å²) < 4.78 is 5.91. The first-order valence-corrected chi connectivity index (χ1v) is 8.93. The van der Waals surface area contributed by atoms with Crippen LogP contribution in [-0.4, -0.2) is 10.9 Å². The quantitative estimate of drug-likeness (QED) is 0.475. The van der Waals surface area contributed by atoms with E-state index >= 15 is 0 Å².